The monoisotopic (exact) mass is 257 g/mol. The number of benzene rings is 1. The average Bonchev–Trinajstić information content (AvgIpc) is 2.79. The molecule has 0 radical (unpaired) electrons. The minimum Gasteiger partial charge on any atom is -0.391 e. The average molecular weight is 257 g/mol. The summed E-state index contributed by atoms with van der Waals surface area (Å²) in [4.78, 5) is 13.9. The predicted octanol–water partition coefficient (Wildman–Crippen LogP) is 2.44. The third kappa shape index (κ3) is 3.34. The molecule has 1 aromatic carbocycles. The summed E-state index contributed by atoms with van der Waals surface area (Å²) in [7, 11) is 0. The van der Waals surface area contributed by atoms with E-state index in [0.717, 1.165) is 11.1 Å². The van der Waals surface area contributed by atoms with Crippen LogP contribution >= 0.6 is 0 Å². The van der Waals surface area contributed by atoms with Crippen LogP contribution in [-0.2, 0) is 4.79 Å². The fourth-order valence-corrected chi connectivity index (χ4v) is 2.34. The van der Waals surface area contributed by atoms with E-state index in [-0.39, 0.29) is 11.9 Å². The first-order chi connectivity index (χ1) is 9.08. The first kappa shape index (κ1) is 13.6. The maximum Gasteiger partial charge on any atom is 0.254 e. The fourth-order valence-electron chi connectivity index (χ4n) is 2.34. The van der Waals surface area contributed by atoms with E-state index in [2.05, 4.69) is 5.73 Å². The molecule has 1 amide bonds. The zero-order valence-electron chi connectivity index (χ0n) is 11.3. The van der Waals surface area contributed by atoms with Gasteiger partial charge in [0, 0.05) is 12.6 Å². The Hall–Kier alpha value is -1.83. The van der Waals surface area contributed by atoms with E-state index < -0.39 is 6.10 Å². The number of hydrogen-bond acceptors (Lipinski definition) is 2. The molecule has 0 bridgehead atoms. The quantitative estimate of drug-likeness (QED) is 0.653. The maximum absolute atomic E-state index is 12.2. The van der Waals surface area contributed by atoms with Gasteiger partial charge in [-0.1, -0.05) is 30.3 Å². The van der Waals surface area contributed by atoms with Gasteiger partial charge in [0.2, 0.25) is 0 Å². The second-order valence-electron chi connectivity index (χ2n) is 5.10. The SMILES string of the molecule is CC(C)=C=CC(=O)N1CC(O)CC1c1ccccc1. The molecule has 19 heavy (non-hydrogen) atoms. The normalized spacial score (nSPS) is 21.9. The number of β-amino-alcohol motifs (C(OH)–C–C–N with tert-alkyl or cyclic N) is 1. The molecule has 3 nitrogen and oxygen atoms in total. The summed E-state index contributed by atoms with van der Waals surface area (Å²) in [6.45, 7) is 4.19. The van der Waals surface area contributed by atoms with Crippen LogP contribution in [0.2, 0.25) is 0 Å². The molecule has 2 rings (SSSR count). The van der Waals surface area contributed by atoms with Gasteiger partial charge in [0.1, 0.15) is 0 Å². The summed E-state index contributed by atoms with van der Waals surface area (Å²) < 4.78 is 0. The van der Waals surface area contributed by atoms with E-state index in [1.165, 1.54) is 6.08 Å². The highest BCUT2D eigenvalue weighted by atomic mass is 16.3. The fraction of sp³-hybridized carbons (Fsp3) is 0.375. The Labute approximate surface area is 113 Å². The highest BCUT2D eigenvalue weighted by Gasteiger charge is 2.34. The molecule has 0 aliphatic carbocycles. The lowest BCUT2D eigenvalue weighted by Crippen LogP contribution is -2.30. The van der Waals surface area contributed by atoms with Gasteiger partial charge in [0.25, 0.3) is 5.91 Å². The van der Waals surface area contributed by atoms with E-state index in [9.17, 15) is 9.90 Å². The van der Waals surface area contributed by atoms with Gasteiger partial charge in [-0.25, -0.2) is 0 Å². The van der Waals surface area contributed by atoms with E-state index in [0.29, 0.717) is 13.0 Å². The molecular weight excluding hydrogens is 238 g/mol. The molecule has 3 heteroatoms. The van der Waals surface area contributed by atoms with Crippen molar-refractivity contribution in [2.75, 3.05) is 6.54 Å². The number of aliphatic hydroxyl groups is 1. The second-order valence-corrected chi connectivity index (χ2v) is 5.10. The van der Waals surface area contributed by atoms with Crippen LogP contribution in [0.15, 0.2) is 47.7 Å². The topological polar surface area (TPSA) is 40.5 Å². The molecule has 2 unspecified atom stereocenters. The highest BCUT2D eigenvalue weighted by molar-refractivity contribution is 5.88. The van der Waals surface area contributed by atoms with E-state index in [1.54, 1.807) is 4.90 Å². The zero-order valence-corrected chi connectivity index (χ0v) is 11.3. The molecular formula is C16H19NO2. The van der Waals surface area contributed by atoms with Crippen LogP contribution in [0.4, 0.5) is 0 Å². The van der Waals surface area contributed by atoms with E-state index >= 15 is 0 Å². The van der Waals surface area contributed by atoms with Crippen molar-refractivity contribution in [1.82, 2.24) is 4.90 Å². The second kappa shape index (κ2) is 5.87. The molecule has 1 aliphatic rings. The Morgan fingerprint density at radius 3 is 2.68 bits per heavy atom. The maximum atomic E-state index is 12.2. The molecule has 1 N–H and O–H groups in total. The van der Waals surface area contributed by atoms with Crippen molar-refractivity contribution in [2.24, 2.45) is 0 Å². The molecule has 0 saturated carbocycles. The van der Waals surface area contributed by atoms with Crippen molar-refractivity contribution in [3.8, 4) is 0 Å². The van der Waals surface area contributed by atoms with Gasteiger partial charge >= 0.3 is 0 Å². The molecule has 2 atom stereocenters. The first-order valence-corrected chi connectivity index (χ1v) is 6.51. The molecule has 100 valence electrons. The number of rotatable bonds is 2. The number of amides is 1. The van der Waals surface area contributed by atoms with Crippen LogP contribution in [0.25, 0.3) is 0 Å². The predicted molar refractivity (Wildman–Crippen MR) is 74.5 cm³/mol. The van der Waals surface area contributed by atoms with Crippen molar-refractivity contribution in [1.29, 1.82) is 0 Å². The molecule has 1 heterocycles. The standard InChI is InChI=1S/C16H19NO2/c1-12(2)8-9-16(19)17-11-14(18)10-15(17)13-6-4-3-5-7-13/h3-7,9,14-15,18H,10-11H2,1-2H3. The van der Waals surface area contributed by atoms with Crippen molar-refractivity contribution >= 4 is 5.91 Å². The van der Waals surface area contributed by atoms with E-state index in [4.69, 9.17) is 0 Å². The van der Waals surface area contributed by atoms with Gasteiger partial charge in [-0.2, -0.15) is 0 Å². The molecule has 1 saturated heterocycles. The summed E-state index contributed by atoms with van der Waals surface area (Å²) >= 11 is 0. The van der Waals surface area contributed by atoms with Gasteiger partial charge < -0.3 is 10.0 Å². The summed E-state index contributed by atoms with van der Waals surface area (Å²) in [5, 5.41) is 9.82. The number of carbonyl (C=O) groups excluding carboxylic acids is 1. The Bertz CT molecular complexity index is 511. The van der Waals surface area contributed by atoms with Crippen LogP contribution < -0.4 is 0 Å². The lowest BCUT2D eigenvalue weighted by molar-refractivity contribution is -0.127. The van der Waals surface area contributed by atoms with Crippen molar-refractivity contribution in [3.63, 3.8) is 0 Å². The van der Waals surface area contributed by atoms with Crippen LogP contribution in [0.3, 0.4) is 0 Å². The van der Waals surface area contributed by atoms with Crippen LogP contribution in [-0.4, -0.2) is 28.6 Å². The first-order valence-electron chi connectivity index (χ1n) is 6.51. The number of likely N-dealkylation sites (tertiary alicyclic amines) is 1. The Morgan fingerprint density at radius 2 is 2.05 bits per heavy atom. The molecule has 0 aromatic heterocycles. The van der Waals surface area contributed by atoms with Gasteiger partial charge in [-0.05, 0) is 31.4 Å². The van der Waals surface area contributed by atoms with Gasteiger partial charge in [-0.15, -0.1) is 5.73 Å². The molecule has 1 aromatic rings. The van der Waals surface area contributed by atoms with Crippen molar-refractivity contribution in [2.45, 2.75) is 32.4 Å². The lowest BCUT2D eigenvalue weighted by atomic mass is 10.0. The van der Waals surface area contributed by atoms with Crippen molar-refractivity contribution < 1.29 is 9.90 Å². The van der Waals surface area contributed by atoms with Gasteiger partial charge in [0.15, 0.2) is 0 Å². The minimum atomic E-state index is -0.450. The highest BCUT2D eigenvalue weighted by Crippen LogP contribution is 2.32. The summed E-state index contributed by atoms with van der Waals surface area (Å²) in [6, 6.07) is 9.80. The summed E-state index contributed by atoms with van der Waals surface area (Å²) in [6.07, 6.45) is 1.61. The summed E-state index contributed by atoms with van der Waals surface area (Å²) in [5.41, 5.74) is 4.96. The van der Waals surface area contributed by atoms with Crippen molar-refractivity contribution in [3.05, 3.63) is 53.3 Å². The van der Waals surface area contributed by atoms with Crippen LogP contribution in [0.5, 0.6) is 0 Å². The van der Waals surface area contributed by atoms with Crippen LogP contribution in [0, 0.1) is 0 Å². The number of hydrogen-bond donors (Lipinski definition) is 1. The molecule has 1 aliphatic heterocycles. The molecule has 1 fully saturated rings. The molecule has 0 spiro atoms. The third-order valence-corrected chi connectivity index (χ3v) is 3.23. The van der Waals surface area contributed by atoms with E-state index in [1.807, 2.05) is 44.2 Å². The lowest BCUT2D eigenvalue weighted by Gasteiger charge is -2.23. The van der Waals surface area contributed by atoms with Gasteiger partial charge in [-0.3, -0.25) is 4.79 Å². The largest absolute Gasteiger partial charge is 0.391 e. The summed E-state index contributed by atoms with van der Waals surface area (Å²) in [5.74, 6) is -0.0911. The minimum absolute atomic E-state index is 0.0427. The Morgan fingerprint density at radius 1 is 1.37 bits per heavy atom. The van der Waals surface area contributed by atoms with Gasteiger partial charge in [0.05, 0.1) is 12.1 Å². The number of nitrogens with zero attached hydrogens (tertiary/aromatic N) is 1. The smallest absolute Gasteiger partial charge is 0.254 e. The third-order valence-electron chi connectivity index (χ3n) is 3.23. The Balaban J connectivity index is 2.23. The van der Waals surface area contributed by atoms with Crippen LogP contribution in [0.1, 0.15) is 31.9 Å². The zero-order chi connectivity index (χ0) is 13.8. The Kier molecular flexibility index (Phi) is 4.20. The number of carbonyl (C=O) groups is 1. The number of aliphatic hydroxyl groups excluding tert-OH is 1.